The number of hydrogen-bond donors (Lipinski definition) is 1. The number of rotatable bonds is 6. The Balaban J connectivity index is 1.55. The molecule has 0 bridgehead atoms. The van der Waals surface area contributed by atoms with Crippen molar-refractivity contribution in [3.05, 3.63) is 88.4 Å². The van der Waals surface area contributed by atoms with E-state index in [1.54, 1.807) is 28.5 Å². The van der Waals surface area contributed by atoms with Crippen molar-refractivity contribution < 1.29 is 27.2 Å². The molecule has 0 aliphatic carbocycles. The number of nitrogens with one attached hydrogen (secondary N) is 1. The molecule has 0 saturated carbocycles. The minimum atomic E-state index is -4.30. The van der Waals surface area contributed by atoms with Crippen molar-refractivity contribution >= 4 is 38.9 Å². The highest BCUT2D eigenvalue weighted by Gasteiger charge is 2.39. The van der Waals surface area contributed by atoms with E-state index in [1.807, 2.05) is 0 Å². The summed E-state index contributed by atoms with van der Waals surface area (Å²) in [6.45, 7) is 0.686. The number of carbonyl (C=O) groups excluding carboxylic acids is 3. The Bertz CT molecular complexity index is 1300. The maximum absolute atomic E-state index is 13.4. The van der Waals surface area contributed by atoms with Gasteiger partial charge in [-0.1, -0.05) is 24.3 Å². The third-order valence-electron chi connectivity index (χ3n) is 5.59. The van der Waals surface area contributed by atoms with Gasteiger partial charge in [0.05, 0.1) is 9.77 Å². The van der Waals surface area contributed by atoms with Gasteiger partial charge in [0.1, 0.15) is 5.82 Å². The number of thiophene rings is 1. The van der Waals surface area contributed by atoms with Crippen LogP contribution in [0.2, 0.25) is 0 Å². The summed E-state index contributed by atoms with van der Waals surface area (Å²) < 4.78 is 40.0. The summed E-state index contributed by atoms with van der Waals surface area (Å²) in [5.41, 5.74) is 0.0128. The zero-order valence-electron chi connectivity index (χ0n) is 18.5. The van der Waals surface area contributed by atoms with Crippen LogP contribution in [-0.4, -0.2) is 67.5 Å². The molecule has 1 aliphatic heterocycles. The van der Waals surface area contributed by atoms with Crippen molar-refractivity contribution in [1.82, 2.24) is 15.1 Å². The number of sulfone groups is 1. The number of amides is 3. The first kappa shape index (κ1) is 24.6. The van der Waals surface area contributed by atoms with Crippen LogP contribution in [0, 0.1) is 5.82 Å². The molecule has 182 valence electrons. The van der Waals surface area contributed by atoms with Crippen LogP contribution in [-0.2, 0) is 14.6 Å². The zero-order chi connectivity index (χ0) is 25.0. The van der Waals surface area contributed by atoms with E-state index >= 15 is 0 Å². The maximum Gasteiger partial charge on any atom is 0.264 e. The van der Waals surface area contributed by atoms with E-state index in [1.165, 1.54) is 52.6 Å². The van der Waals surface area contributed by atoms with Crippen LogP contribution in [0.5, 0.6) is 0 Å². The lowest BCUT2D eigenvalue weighted by Crippen LogP contribution is -2.57. The van der Waals surface area contributed by atoms with Gasteiger partial charge >= 0.3 is 0 Å². The van der Waals surface area contributed by atoms with Gasteiger partial charge in [0.2, 0.25) is 15.2 Å². The van der Waals surface area contributed by atoms with E-state index in [2.05, 4.69) is 5.32 Å². The summed E-state index contributed by atoms with van der Waals surface area (Å²) in [5, 5.41) is 2.24. The Morgan fingerprint density at radius 3 is 2.09 bits per heavy atom. The van der Waals surface area contributed by atoms with Crippen LogP contribution in [0.3, 0.4) is 0 Å². The molecule has 0 spiro atoms. The number of halogens is 1. The minimum absolute atomic E-state index is 0.0128. The molecule has 1 fully saturated rings. The van der Waals surface area contributed by atoms with Gasteiger partial charge in [0.25, 0.3) is 17.7 Å². The predicted molar refractivity (Wildman–Crippen MR) is 128 cm³/mol. The van der Waals surface area contributed by atoms with E-state index in [0.717, 1.165) is 12.1 Å². The van der Waals surface area contributed by atoms with Gasteiger partial charge < -0.3 is 15.1 Å². The molecule has 3 aromatic rings. The lowest BCUT2D eigenvalue weighted by Gasteiger charge is -2.36. The van der Waals surface area contributed by atoms with Gasteiger partial charge in [-0.25, -0.2) is 12.8 Å². The topological polar surface area (TPSA) is 104 Å². The molecule has 1 N–H and O–H groups in total. The van der Waals surface area contributed by atoms with E-state index in [4.69, 9.17) is 0 Å². The van der Waals surface area contributed by atoms with Gasteiger partial charge in [-0.15, -0.1) is 11.3 Å². The quantitative estimate of drug-likeness (QED) is 0.543. The molecule has 2 aromatic carbocycles. The van der Waals surface area contributed by atoms with Crippen LogP contribution in [0.25, 0.3) is 0 Å². The number of carbonyl (C=O) groups is 3. The molecule has 11 heteroatoms. The van der Waals surface area contributed by atoms with Crippen LogP contribution >= 0.6 is 11.3 Å². The van der Waals surface area contributed by atoms with Crippen LogP contribution in [0.15, 0.2) is 77.0 Å². The van der Waals surface area contributed by atoms with Gasteiger partial charge in [-0.3, -0.25) is 14.4 Å². The molecule has 1 atom stereocenters. The summed E-state index contributed by atoms with van der Waals surface area (Å²) in [7, 11) is -4.30. The Morgan fingerprint density at radius 2 is 1.49 bits per heavy atom. The average molecular weight is 516 g/mol. The standard InChI is InChI=1S/C24H22FN3O5S2/c25-18-10-8-17(9-11-18)21(29)26-22(35(32,33)19-5-2-1-3-6-19)24(31)28-14-12-27(13-15-28)23(30)20-7-4-16-34-20/h1-11,16,22H,12-15H2,(H,26,29)/t22-/m1/s1. The fourth-order valence-electron chi connectivity index (χ4n) is 3.67. The van der Waals surface area contributed by atoms with Crippen LogP contribution in [0.4, 0.5) is 4.39 Å². The third-order valence-corrected chi connectivity index (χ3v) is 8.31. The summed E-state index contributed by atoms with van der Waals surface area (Å²) in [4.78, 5) is 42.2. The minimum Gasteiger partial charge on any atom is -0.336 e. The van der Waals surface area contributed by atoms with Crippen LogP contribution in [0.1, 0.15) is 20.0 Å². The molecule has 2 heterocycles. The highest BCUT2D eigenvalue weighted by atomic mass is 32.2. The number of piperazine rings is 1. The normalized spacial score (nSPS) is 14.9. The first-order valence-corrected chi connectivity index (χ1v) is 13.2. The van der Waals surface area contributed by atoms with Crippen molar-refractivity contribution in [1.29, 1.82) is 0 Å². The molecule has 0 unspecified atom stereocenters. The van der Waals surface area contributed by atoms with Gasteiger partial charge in [-0.05, 0) is 47.8 Å². The molecule has 1 aliphatic rings. The van der Waals surface area contributed by atoms with Crippen LogP contribution < -0.4 is 5.32 Å². The third kappa shape index (κ3) is 5.41. The summed E-state index contributed by atoms with van der Waals surface area (Å²) in [5.74, 6) is -2.33. The first-order chi connectivity index (χ1) is 16.8. The Morgan fingerprint density at radius 1 is 0.857 bits per heavy atom. The number of benzene rings is 2. The molecule has 4 rings (SSSR count). The largest absolute Gasteiger partial charge is 0.336 e. The average Bonchev–Trinajstić information content (AvgIpc) is 3.42. The molecule has 1 saturated heterocycles. The summed E-state index contributed by atoms with van der Waals surface area (Å²) in [6.07, 6.45) is 0. The number of nitrogens with zero attached hydrogens (tertiary/aromatic N) is 2. The van der Waals surface area contributed by atoms with E-state index in [-0.39, 0.29) is 42.5 Å². The fraction of sp³-hybridized carbons (Fsp3) is 0.208. The lowest BCUT2D eigenvalue weighted by molar-refractivity contribution is -0.132. The SMILES string of the molecule is O=C(N[C@@H](C(=O)N1CCN(C(=O)c2cccs2)CC1)S(=O)(=O)c1ccccc1)c1ccc(F)cc1. The second-order valence-electron chi connectivity index (χ2n) is 7.81. The molecule has 8 nitrogen and oxygen atoms in total. The van der Waals surface area contributed by atoms with Gasteiger partial charge in [0, 0.05) is 31.7 Å². The monoisotopic (exact) mass is 515 g/mol. The van der Waals surface area contributed by atoms with Crippen molar-refractivity contribution in [2.24, 2.45) is 0 Å². The zero-order valence-corrected chi connectivity index (χ0v) is 20.1. The Kier molecular flexibility index (Phi) is 7.27. The fourth-order valence-corrected chi connectivity index (χ4v) is 5.85. The van der Waals surface area contributed by atoms with Crippen molar-refractivity contribution in [2.45, 2.75) is 10.3 Å². The Hall–Kier alpha value is -3.57. The second kappa shape index (κ2) is 10.4. The maximum atomic E-state index is 13.4. The molecule has 35 heavy (non-hydrogen) atoms. The molecule has 0 radical (unpaired) electrons. The highest BCUT2D eigenvalue weighted by Crippen LogP contribution is 2.19. The van der Waals surface area contributed by atoms with Gasteiger partial charge in [0.15, 0.2) is 0 Å². The van der Waals surface area contributed by atoms with Crippen molar-refractivity contribution in [3.63, 3.8) is 0 Å². The summed E-state index contributed by atoms with van der Waals surface area (Å²) in [6, 6.07) is 15.4. The lowest BCUT2D eigenvalue weighted by atomic mass is 10.2. The van der Waals surface area contributed by atoms with Crippen molar-refractivity contribution in [2.75, 3.05) is 26.2 Å². The highest BCUT2D eigenvalue weighted by molar-refractivity contribution is 7.92. The van der Waals surface area contributed by atoms with E-state index in [0.29, 0.717) is 4.88 Å². The molecular weight excluding hydrogens is 493 g/mol. The second-order valence-corrected chi connectivity index (χ2v) is 10.8. The van der Waals surface area contributed by atoms with E-state index in [9.17, 15) is 27.2 Å². The van der Waals surface area contributed by atoms with Crippen molar-refractivity contribution in [3.8, 4) is 0 Å². The smallest absolute Gasteiger partial charge is 0.264 e. The van der Waals surface area contributed by atoms with Gasteiger partial charge in [-0.2, -0.15) is 0 Å². The molecule has 1 aromatic heterocycles. The Labute approximate surface area is 205 Å². The molecular formula is C24H22FN3O5S2. The predicted octanol–water partition coefficient (Wildman–Crippen LogP) is 2.40. The summed E-state index contributed by atoms with van der Waals surface area (Å²) >= 11 is 1.32. The first-order valence-electron chi connectivity index (χ1n) is 10.7. The molecule has 3 amide bonds. The van der Waals surface area contributed by atoms with E-state index < -0.39 is 32.8 Å². The number of hydrogen-bond acceptors (Lipinski definition) is 6.